The lowest BCUT2D eigenvalue weighted by molar-refractivity contribution is 0.102. The van der Waals surface area contributed by atoms with Gasteiger partial charge in [-0.05, 0) is 74.0 Å². The second kappa shape index (κ2) is 8.65. The number of anilines is 1. The number of hydrogen-bond donors (Lipinski definition) is 1. The van der Waals surface area contributed by atoms with Crippen LogP contribution in [0.4, 0.5) is 5.13 Å². The third-order valence-corrected chi connectivity index (χ3v) is 5.70. The van der Waals surface area contributed by atoms with Crippen molar-refractivity contribution in [2.75, 3.05) is 5.32 Å². The summed E-state index contributed by atoms with van der Waals surface area (Å²) in [4.78, 5) is 12.4. The highest BCUT2D eigenvalue weighted by Crippen LogP contribution is 2.30. The monoisotopic (exact) mass is 435 g/mol. The van der Waals surface area contributed by atoms with E-state index in [1.165, 1.54) is 11.3 Å². The first-order valence-corrected chi connectivity index (χ1v) is 10.4. The van der Waals surface area contributed by atoms with Gasteiger partial charge in [0.15, 0.2) is 0 Å². The number of carbonyl (C=O) groups excluding carboxylic acids is 1. The maximum absolute atomic E-state index is 12.4. The molecule has 0 saturated carbocycles. The minimum absolute atomic E-state index is 0.205. The van der Waals surface area contributed by atoms with E-state index < -0.39 is 0 Å². The fourth-order valence-electron chi connectivity index (χ4n) is 2.83. The molecule has 0 aliphatic heterocycles. The van der Waals surface area contributed by atoms with Gasteiger partial charge >= 0.3 is 0 Å². The molecule has 150 valence electrons. The van der Waals surface area contributed by atoms with Gasteiger partial charge in [0.25, 0.3) is 5.91 Å². The van der Waals surface area contributed by atoms with Crippen LogP contribution < -0.4 is 10.1 Å². The lowest BCUT2D eigenvalue weighted by atomic mass is 10.1. The van der Waals surface area contributed by atoms with Gasteiger partial charge in [0.1, 0.15) is 16.5 Å². The number of benzene rings is 3. The third-order valence-electron chi connectivity index (χ3n) is 4.39. The molecule has 1 heterocycles. The summed E-state index contributed by atoms with van der Waals surface area (Å²) in [6.45, 7) is 3.88. The van der Waals surface area contributed by atoms with Crippen LogP contribution in [0.3, 0.4) is 0 Å². The molecule has 3 aromatic carbocycles. The first kappa shape index (κ1) is 20.1. The Bertz CT molecular complexity index is 1210. The lowest BCUT2D eigenvalue weighted by Gasteiger charge is -2.07. The summed E-state index contributed by atoms with van der Waals surface area (Å²) in [6, 6.07) is 20.5. The highest BCUT2D eigenvalue weighted by Gasteiger charge is 2.12. The van der Waals surface area contributed by atoms with E-state index in [9.17, 15) is 4.79 Å². The Kier molecular flexibility index (Phi) is 5.79. The Morgan fingerprint density at radius 2 is 1.73 bits per heavy atom. The maximum atomic E-state index is 12.4. The van der Waals surface area contributed by atoms with E-state index in [0.717, 1.165) is 22.4 Å². The molecule has 30 heavy (non-hydrogen) atoms. The van der Waals surface area contributed by atoms with Gasteiger partial charge in [0.05, 0.1) is 0 Å². The van der Waals surface area contributed by atoms with E-state index in [4.69, 9.17) is 16.3 Å². The number of aryl methyl sites for hydroxylation is 2. The maximum Gasteiger partial charge on any atom is 0.257 e. The minimum atomic E-state index is -0.205. The summed E-state index contributed by atoms with van der Waals surface area (Å²) >= 11 is 7.37. The van der Waals surface area contributed by atoms with Crippen molar-refractivity contribution in [3.05, 3.63) is 88.4 Å². The molecule has 0 bridgehead atoms. The molecule has 5 nitrogen and oxygen atoms in total. The molecule has 1 amide bonds. The topological polar surface area (TPSA) is 64.1 Å². The molecule has 1 N–H and O–H groups in total. The van der Waals surface area contributed by atoms with Crippen molar-refractivity contribution in [2.24, 2.45) is 0 Å². The van der Waals surface area contributed by atoms with Crippen LogP contribution >= 0.6 is 22.9 Å². The summed E-state index contributed by atoms with van der Waals surface area (Å²) < 4.78 is 5.87. The molecule has 0 radical (unpaired) electrons. The summed E-state index contributed by atoms with van der Waals surface area (Å²) in [5, 5.41) is 12.9. The Morgan fingerprint density at radius 1 is 0.967 bits per heavy atom. The highest BCUT2D eigenvalue weighted by molar-refractivity contribution is 7.18. The number of halogens is 1. The van der Waals surface area contributed by atoms with Gasteiger partial charge in [-0.15, -0.1) is 10.2 Å². The van der Waals surface area contributed by atoms with Gasteiger partial charge in [0.2, 0.25) is 5.13 Å². The second-order valence-corrected chi connectivity index (χ2v) is 8.16. The van der Waals surface area contributed by atoms with E-state index in [2.05, 4.69) is 15.5 Å². The fourth-order valence-corrected chi connectivity index (χ4v) is 3.69. The van der Waals surface area contributed by atoms with Gasteiger partial charge in [0, 0.05) is 16.1 Å². The molecule has 0 spiro atoms. The van der Waals surface area contributed by atoms with E-state index in [1.54, 1.807) is 6.07 Å². The molecular formula is C23H18ClN3O2S. The van der Waals surface area contributed by atoms with Crippen molar-refractivity contribution < 1.29 is 9.53 Å². The average molecular weight is 436 g/mol. The number of hydrogen-bond acceptors (Lipinski definition) is 5. The molecule has 0 saturated heterocycles. The number of ether oxygens (including phenoxy) is 1. The van der Waals surface area contributed by atoms with Crippen LogP contribution in [0.5, 0.6) is 11.5 Å². The van der Waals surface area contributed by atoms with Gasteiger partial charge in [-0.2, -0.15) is 0 Å². The van der Waals surface area contributed by atoms with Crippen molar-refractivity contribution in [1.29, 1.82) is 0 Å². The van der Waals surface area contributed by atoms with Crippen LogP contribution in [0.1, 0.15) is 21.5 Å². The van der Waals surface area contributed by atoms with Crippen LogP contribution in [0.25, 0.3) is 10.6 Å². The molecule has 0 aliphatic rings. The summed E-state index contributed by atoms with van der Waals surface area (Å²) in [7, 11) is 0. The van der Waals surface area contributed by atoms with Crippen molar-refractivity contribution in [1.82, 2.24) is 10.2 Å². The Morgan fingerprint density at radius 3 is 2.47 bits per heavy atom. The zero-order valence-corrected chi connectivity index (χ0v) is 17.9. The number of nitrogens with one attached hydrogen (secondary N) is 1. The van der Waals surface area contributed by atoms with Crippen molar-refractivity contribution in [3.8, 4) is 22.1 Å². The molecular weight excluding hydrogens is 418 g/mol. The predicted octanol–water partition coefficient (Wildman–Crippen LogP) is 6.52. The molecule has 0 aliphatic carbocycles. The largest absolute Gasteiger partial charge is 0.457 e. The van der Waals surface area contributed by atoms with Crippen LogP contribution in [0.15, 0.2) is 66.7 Å². The smallest absolute Gasteiger partial charge is 0.257 e. The van der Waals surface area contributed by atoms with Crippen LogP contribution in [-0.4, -0.2) is 16.1 Å². The lowest BCUT2D eigenvalue weighted by Crippen LogP contribution is -2.11. The van der Waals surface area contributed by atoms with Crippen molar-refractivity contribution in [2.45, 2.75) is 13.8 Å². The zero-order chi connectivity index (χ0) is 21.1. The van der Waals surface area contributed by atoms with E-state index in [-0.39, 0.29) is 5.91 Å². The van der Waals surface area contributed by atoms with Crippen molar-refractivity contribution >= 4 is 34.0 Å². The van der Waals surface area contributed by atoms with Gasteiger partial charge < -0.3 is 4.74 Å². The van der Waals surface area contributed by atoms with Gasteiger partial charge in [-0.1, -0.05) is 40.6 Å². The number of rotatable bonds is 5. The van der Waals surface area contributed by atoms with Gasteiger partial charge in [-0.3, -0.25) is 10.1 Å². The minimum Gasteiger partial charge on any atom is -0.457 e. The molecule has 0 unspecified atom stereocenters. The first-order chi connectivity index (χ1) is 14.5. The number of carbonyl (C=O) groups is 1. The normalized spacial score (nSPS) is 10.6. The third kappa shape index (κ3) is 4.67. The molecule has 4 rings (SSSR count). The Hall–Kier alpha value is -3.22. The summed E-state index contributed by atoms with van der Waals surface area (Å²) in [5.74, 6) is 1.23. The van der Waals surface area contributed by atoms with E-state index in [1.807, 2.05) is 74.5 Å². The van der Waals surface area contributed by atoms with Crippen LogP contribution in [0, 0.1) is 13.8 Å². The molecule has 0 fully saturated rings. The SMILES string of the molecule is Cc1cccc(C(=O)Nc2nnc(-c3ccc(Oc4ccc(Cl)c(C)c4)cc3)s2)c1. The Balaban J connectivity index is 1.44. The highest BCUT2D eigenvalue weighted by atomic mass is 35.5. The summed E-state index contributed by atoms with van der Waals surface area (Å²) in [5.41, 5.74) is 3.46. The predicted molar refractivity (Wildman–Crippen MR) is 121 cm³/mol. The number of nitrogens with zero attached hydrogens (tertiary/aromatic N) is 2. The quantitative estimate of drug-likeness (QED) is 0.387. The van der Waals surface area contributed by atoms with Crippen LogP contribution in [-0.2, 0) is 0 Å². The van der Waals surface area contributed by atoms with Crippen molar-refractivity contribution in [3.63, 3.8) is 0 Å². The molecule has 0 atom stereocenters. The molecule has 1 aromatic heterocycles. The first-order valence-electron chi connectivity index (χ1n) is 9.24. The second-order valence-electron chi connectivity index (χ2n) is 6.77. The Labute approximate surface area is 183 Å². The van der Waals surface area contributed by atoms with E-state index in [0.29, 0.717) is 26.5 Å². The summed E-state index contributed by atoms with van der Waals surface area (Å²) in [6.07, 6.45) is 0. The number of amides is 1. The standard InChI is InChI=1S/C23H18ClN3O2S/c1-14-4-3-5-17(12-14)21(28)25-23-27-26-22(30-23)16-6-8-18(9-7-16)29-19-10-11-20(24)15(2)13-19/h3-13H,1-2H3,(H,25,27,28). The average Bonchev–Trinajstić information content (AvgIpc) is 3.20. The number of aromatic nitrogens is 2. The van der Waals surface area contributed by atoms with Crippen LogP contribution in [0.2, 0.25) is 5.02 Å². The van der Waals surface area contributed by atoms with E-state index >= 15 is 0 Å². The fraction of sp³-hybridized carbons (Fsp3) is 0.0870. The molecule has 4 aromatic rings. The molecule has 7 heteroatoms. The van der Waals surface area contributed by atoms with Gasteiger partial charge in [-0.25, -0.2) is 0 Å². The zero-order valence-electron chi connectivity index (χ0n) is 16.3.